The van der Waals surface area contributed by atoms with Crippen molar-refractivity contribution in [2.45, 2.75) is 19.9 Å². The normalized spacial score (nSPS) is 15.8. The topological polar surface area (TPSA) is 62.5 Å². The van der Waals surface area contributed by atoms with Crippen LogP contribution in [0.2, 0.25) is 0 Å². The van der Waals surface area contributed by atoms with Gasteiger partial charge in [-0.2, -0.15) is 16.7 Å². The number of aromatic nitrogens is 2. The first-order chi connectivity index (χ1) is 11.8. The predicted octanol–water partition coefficient (Wildman–Crippen LogP) is 2.59. The summed E-state index contributed by atoms with van der Waals surface area (Å²) in [7, 11) is 0. The summed E-state index contributed by atoms with van der Waals surface area (Å²) in [5.74, 6) is 3.20. The van der Waals surface area contributed by atoms with Crippen LogP contribution in [0, 0.1) is 0 Å². The summed E-state index contributed by atoms with van der Waals surface area (Å²) in [6.07, 6.45) is 1.11. The Balaban J connectivity index is 1.45. The van der Waals surface area contributed by atoms with Gasteiger partial charge < -0.3 is 9.42 Å². The maximum atomic E-state index is 12.1. The van der Waals surface area contributed by atoms with Gasteiger partial charge in [0, 0.05) is 26.2 Å². The quantitative estimate of drug-likeness (QED) is 0.702. The molecule has 0 aromatic carbocycles. The Morgan fingerprint density at radius 1 is 1.38 bits per heavy atom. The van der Waals surface area contributed by atoms with E-state index in [1.54, 1.807) is 23.1 Å². The van der Waals surface area contributed by atoms with Crippen molar-refractivity contribution in [1.29, 1.82) is 0 Å². The van der Waals surface area contributed by atoms with Gasteiger partial charge in [-0.05, 0) is 23.6 Å². The molecule has 0 atom stereocenters. The molecule has 3 heterocycles. The van der Waals surface area contributed by atoms with Crippen LogP contribution in [0.4, 0.5) is 0 Å². The number of carbonyl (C=O) groups excluding carboxylic acids is 1. The number of carbonyl (C=O) groups is 1. The second-order valence-electron chi connectivity index (χ2n) is 5.70. The van der Waals surface area contributed by atoms with Gasteiger partial charge in [-0.1, -0.05) is 18.1 Å². The molecular formula is C16H22N4O2S2. The van der Waals surface area contributed by atoms with Crippen molar-refractivity contribution in [3.05, 3.63) is 23.4 Å². The molecular weight excluding hydrogens is 344 g/mol. The molecule has 6 nitrogen and oxygen atoms in total. The highest BCUT2D eigenvalue weighted by molar-refractivity contribution is 7.99. The van der Waals surface area contributed by atoms with Crippen LogP contribution in [0.3, 0.4) is 0 Å². The molecule has 1 amide bonds. The number of thiophene rings is 1. The summed E-state index contributed by atoms with van der Waals surface area (Å²) in [4.78, 5) is 21.8. The van der Waals surface area contributed by atoms with Crippen LogP contribution in [-0.2, 0) is 11.3 Å². The summed E-state index contributed by atoms with van der Waals surface area (Å²) in [6.45, 7) is 6.03. The highest BCUT2D eigenvalue weighted by atomic mass is 32.2. The molecule has 0 saturated carbocycles. The molecule has 24 heavy (non-hydrogen) atoms. The molecule has 2 aromatic heterocycles. The molecule has 2 aromatic rings. The van der Waals surface area contributed by atoms with Crippen molar-refractivity contribution >= 4 is 29.0 Å². The molecule has 8 heteroatoms. The first-order valence-electron chi connectivity index (χ1n) is 8.20. The molecule has 1 aliphatic rings. The molecule has 0 radical (unpaired) electrons. The van der Waals surface area contributed by atoms with Crippen LogP contribution in [0.25, 0.3) is 10.7 Å². The lowest BCUT2D eigenvalue weighted by atomic mass is 10.3. The lowest BCUT2D eigenvalue weighted by Crippen LogP contribution is -2.48. The second kappa shape index (κ2) is 8.64. The fraction of sp³-hybridized carbons (Fsp3) is 0.562. The Bertz CT molecular complexity index is 636. The van der Waals surface area contributed by atoms with E-state index in [2.05, 4.69) is 22.0 Å². The lowest BCUT2D eigenvalue weighted by molar-refractivity contribution is -0.130. The fourth-order valence-electron chi connectivity index (χ4n) is 2.57. The Labute approximate surface area is 150 Å². The van der Waals surface area contributed by atoms with Gasteiger partial charge in [0.1, 0.15) is 0 Å². The van der Waals surface area contributed by atoms with Crippen LogP contribution >= 0.6 is 23.1 Å². The van der Waals surface area contributed by atoms with Crippen LogP contribution in [0.5, 0.6) is 0 Å². The van der Waals surface area contributed by atoms with E-state index in [9.17, 15) is 4.79 Å². The number of hydrogen-bond acceptors (Lipinski definition) is 7. The minimum absolute atomic E-state index is 0.255. The SMILES string of the molecule is CCCSCC(=O)N1CCN(Cc2nc(-c3cccs3)no2)CC1. The largest absolute Gasteiger partial charge is 0.339 e. The lowest BCUT2D eigenvalue weighted by Gasteiger charge is -2.33. The summed E-state index contributed by atoms with van der Waals surface area (Å²) in [6, 6.07) is 3.96. The number of rotatable bonds is 7. The standard InChI is InChI=1S/C16H22N4O2S2/c1-2-9-23-12-15(21)20-7-5-19(6-8-20)11-14-17-16(18-22-14)13-4-3-10-24-13/h3-4,10H,2,5-9,11-12H2,1H3. The zero-order chi connectivity index (χ0) is 16.8. The first kappa shape index (κ1) is 17.4. The molecule has 0 N–H and O–H groups in total. The molecule has 0 spiro atoms. The van der Waals surface area contributed by atoms with E-state index in [4.69, 9.17) is 4.52 Å². The maximum Gasteiger partial charge on any atom is 0.241 e. The van der Waals surface area contributed by atoms with Gasteiger partial charge in [-0.3, -0.25) is 9.69 Å². The van der Waals surface area contributed by atoms with Crippen molar-refractivity contribution in [1.82, 2.24) is 19.9 Å². The maximum absolute atomic E-state index is 12.1. The van der Waals surface area contributed by atoms with E-state index >= 15 is 0 Å². The van der Waals surface area contributed by atoms with E-state index in [-0.39, 0.29) is 5.91 Å². The number of piperazine rings is 1. The van der Waals surface area contributed by atoms with Gasteiger partial charge in [0.15, 0.2) is 0 Å². The van der Waals surface area contributed by atoms with E-state index in [0.29, 0.717) is 24.0 Å². The highest BCUT2D eigenvalue weighted by Gasteiger charge is 2.22. The van der Waals surface area contributed by atoms with Gasteiger partial charge in [0.05, 0.1) is 17.2 Å². The molecule has 1 saturated heterocycles. The zero-order valence-corrected chi connectivity index (χ0v) is 15.4. The third-order valence-electron chi connectivity index (χ3n) is 3.87. The van der Waals surface area contributed by atoms with Crippen molar-refractivity contribution in [3.63, 3.8) is 0 Å². The smallest absolute Gasteiger partial charge is 0.241 e. The summed E-state index contributed by atoms with van der Waals surface area (Å²) >= 11 is 3.32. The monoisotopic (exact) mass is 366 g/mol. The van der Waals surface area contributed by atoms with Crippen molar-refractivity contribution < 1.29 is 9.32 Å². The van der Waals surface area contributed by atoms with Crippen LogP contribution in [0.1, 0.15) is 19.2 Å². The average Bonchev–Trinajstić information content (AvgIpc) is 3.27. The van der Waals surface area contributed by atoms with Crippen molar-refractivity contribution in [2.24, 2.45) is 0 Å². The predicted molar refractivity (Wildman–Crippen MR) is 97.1 cm³/mol. The van der Waals surface area contributed by atoms with Crippen LogP contribution in [0.15, 0.2) is 22.0 Å². The van der Waals surface area contributed by atoms with E-state index in [0.717, 1.165) is 43.2 Å². The number of amides is 1. The summed E-state index contributed by atoms with van der Waals surface area (Å²) < 4.78 is 5.35. The Morgan fingerprint density at radius 3 is 2.92 bits per heavy atom. The van der Waals surface area contributed by atoms with E-state index < -0.39 is 0 Å². The number of thioether (sulfide) groups is 1. The van der Waals surface area contributed by atoms with Crippen LogP contribution < -0.4 is 0 Å². The second-order valence-corrected chi connectivity index (χ2v) is 7.75. The summed E-state index contributed by atoms with van der Waals surface area (Å²) in [5, 5.41) is 6.04. The van der Waals surface area contributed by atoms with Gasteiger partial charge in [-0.15, -0.1) is 11.3 Å². The third kappa shape index (κ3) is 4.58. The van der Waals surface area contributed by atoms with Crippen molar-refractivity contribution in [3.8, 4) is 10.7 Å². The average molecular weight is 367 g/mol. The van der Waals surface area contributed by atoms with Gasteiger partial charge in [0.25, 0.3) is 0 Å². The Hall–Kier alpha value is -1.38. The van der Waals surface area contributed by atoms with Gasteiger partial charge in [-0.25, -0.2) is 0 Å². The van der Waals surface area contributed by atoms with Crippen molar-refractivity contribution in [2.75, 3.05) is 37.7 Å². The molecule has 0 bridgehead atoms. The molecule has 0 unspecified atom stereocenters. The molecule has 0 aliphatic carbocycles. The van der Waals surface area contributed by atoms with E-state index in [1.165, 1.54) is 0 Å². The number of nitrogens with zero attached hydrogens (tertiary/aromatic N) is 4. The zero-order valence-electron chi connectivity index (χ0n) is 13.8. The van der Waals surface area contributed by atoms with Gasteiger partial charge >= 0.3 is 0 Å². The Kier molecular flexibility index (Phi) is 6.28. The fourth-order valence-corrected chi connectivity index (χ4v) is 4.01. The minimum Gasteiger partial charge on any atom is -0.339 e. The molecule has 130 valence electrons. The first-order valence-corrected chi connectivity index (χ1v) is 10.2. The summed E-state index contributed by atoms with van der Waals surface area (Å²) in [5.41, 5.74) is 0. The van der Waals surface area contributed by atoms with Crippen LogP contribution in [-0.4, -0.2) is 63.5 Å². The van der Waals surface area contributed by atoms with Gasteiger partial charge in [0.2, 0.25) is 17.6 Å². The Morgan fingerprint density at radius 2 is 2.21 bits per heavy atom. The minimum atomic E-state index is 0.255. The molecule has 3 rings (SSSR count). The molecule has 1 aliphatic heterocycles. The number of hydrogen-bond donors (Lipinski definition) is 0. The third-order valence-corrected chi connectivity index (χ3v) is 5.88. The molecule has 1 fully saturated rings. The van der Waals surface area contributed by atoms with E-state index in [1.807, 2.05) is 22.4 Å². The highest BCUT2D eigenvalue weighted by Crippen LogP contribution is 2.21.